The molecule has 11 heteroatoms. The molecule has 2 heterocycles. The highest BCUT2D eigenvalue weighted by Crippen LogP contribution is 2.31. The van der Waals surface area contributed by atoms with Crippen LogP contribution < -0.4 is 4.90 Å². The molecule has 1 amide bonds. The van der Waals surface area contributed by atoms with Gasteiger partial charge >= 0.3 is 6.09 Å². The van der Waals surface area contributed by atoms with Crippen LogP contribution in [-0.2, 0) is 0 Å². The van der Waals surface area contributed by atoms with E-state index in [2.05, 4.69) is 26.0 Å². The van der Waals surface area contributed by atoms with Crippen molar-refractivity contribution in [2.45, 2.75) is 3.79 Å². The number of amides is 1. The number of alkyl halides is 3. The maximum atomic E-state index is 14.3. The molecule has 0 fully saturated rings. The van der Waals surface area contributed by atoms with E-state index in [1.54, 1.807) is 18.5 Å². The molecule has 1 N–H and O–H groups in total. The molecule has 0 saturated carbocycles. The van der Waals surface area contributed by atoms with Crippen LogP contribution in [0.4, 0.5) is 14.9 Å². The molecule has 0 saturated heterocycles. The zero-order chi connectivity index (χ0) is 19.1. The number of fused-ring (bicyclic) bond motifs is 1. The van der Waals surface area contributed by atoms with Gasteiger partial charge in [-0.2, -0.15) is 0 Å². The van der Waals surface area contributed by atoms with Gasteiger partial charge in [-0.15, -0.1) is 5.10 Å². The normalized spacial score (nSPS) is 11.7. The highest BCUT2D eigenvalue weighted by atomic mass is 79.9. The molecule has 26 heavy (non-hydrogen) atoms. The molecule has 2 aromatic heterocycles. The largest absolute Gasteiger partial charge is 0.465 e. The average molecular weight is 483 g/mol. The summed E-state index contributed by atoms with van der Waals surface area (Å²) in [7, 11) is 0. The molecule has 0 radical (unpaired) electrons. The lowest BCUT2D eigenvalue weighted by molar-refractivity contribution is 0.202. The maximum Gasteiger partial charge on any atom is 0.411 e. The number of pyridine rings is 1. The van der Waals surface area contributed by atoms with Crippen molar-refractivity contribution in [2.24, 2.45) is 0 Å². The summed E-state index contributed by atoms with van der Waals surface area (Å²) in [5, 5.41) is 14.3. The number of hydrogen-bond acceptors (Lipinski definition) is 3. The van der Waals surface area contributed by atoms with Crippen molar-refractivity contribution in [3.8, 4) is 5.69 Å². The van der Waals surface area contributed by atoms with Crippen molar-refractivity contribution in [3.05, 3.63) is 46.9 Å². The highest BCUT2D eigenvalue weighted by Gasteiger charge is 2.28. The minimum Gasteiger partial charge on any atom is -0.465 e. The monoisotopic (exact) mass is 480 g/mol. The van der Waals surface area contributed by atoms with Crippen LogP contribution in [0.15, 0.2) is 41.1 Å². The molecule has 3 rings (SSSR count). The Morgan fingerprint density at radius 1 is 1.35 bits per heavy atom. The third kappa shape index (κ3) is 4.20. The summed E-state index contributed by atoms with van der Waals surface area (Å²) in [5.41, 5.74) is 0.579. The Bertz CT molecular complexity index is 993. The Labute approximate surface area is 170 Å². The molecule has 0 aliphatic rings. The van der Waals surface area contributed by atoms with Gasteiger partial charge in [0.25, 0.3) is 0 Å². The van der Waals surface area contributed by atoms with Crippen molar-refractivity contribution in [1.29, 1.82) is 0 Å². The van der Waals surface area contributed by atoms with E-state index in [1.807, 2.05) is 0 Å². The number of carboxylic acid groups (broad SMARTS) is 1. The second kappa shape index (κ2) is 7.19. The first-order chi connectivity index (χ1) is 12.1. The SMILES string of the molecule is O=C(O)N(CC(Cl)(Cl)Cl)c1ccc(F)c(-n2cc3cc(Br)cnc3n2)c1. The van der Waals surface area contributed by atoms with E-state index in [0.717, 1.165) is 15.4 Å². The average Bonchev–Trinajstić information content (AvgIpc) is 2.95. The molecule has 0 aliphatic heterocycles. The lowest BCUT2D eigenvalue weighted by Gasteiger charge is -2.23. The molecule has 0 bridgehead atoms. The van der Waals surface area contributed by atoms with Gasteiger partial charge in [0.15, 0.2) is 5.65 Å². The first kappa shape index (κ1) is 19.2. The lowest BCUT2D eigenvalue weighted by atomic mass is 10.2. The van der Waals surface area contributed by atoms with E-state index in [1.165, 1.54) is 16.8 Å². The fourth-order valence-electron chi connectivity index (χ4n) is 2.31. The van der Waals surface area contributed by atoms with Crippen molar-refractivity contribution >= 4 is 73.5 Å². The number of aromatic nitrogens is 3. The number of halogens is 5. The second-order valence-electron chi connectivity index (χ2n) is 5.26. The van der Waals surface area contributed by atoms with E-state index < -0.39 is 22.2 Å². The van der Waals surface area contributed by atoms with Crippen molar-refractivity contribution in [1.82, 2.24) is 14.8 Å². The predicted molar refractivity (Wildman–Crippen MR) is 102 cm³/mol. The molecule has 1 aromatic carbocycles. The van der Waals surface area contributed by atoms with Gasteiger partial charge in [-0.25, -0.2) is 18.9 Å². The summed E-state index contributed by atoms with van der Waals surface area (Å²) in [4.78, 5) is 16.5. The lowest BCUT2D eigenvalue weighted by Crippen LogP contribution is -2.36. The zero-order valence-electron chi connectivity index (χ0n) is 12.7. The van der Waals surface area contributed by atoms with Gasteiger partial charge in [-0.1, -0.05) is 34.8 Å². The standard InChI is InChI=1S/C15H9BrCl3FN4O2/c16-9-3-8-6-24(22-13(8)21-5-9)12-4-10(1-2-11(12)20)23(14(25)26)7-15(17,18)19/h1-6H,7H2,(H,25,26). The topological polar surface area (TPSA) is 71.2 Å². The second-order valence-corrected chi connectivity index (χ2v) is 8.69. The zero-order valence-corrected chi connectivity index (χ0v) is 16.6. The first-order valence-corrected chi connectivity index (χ1v) is 8.95. The molecule has 0 atom stereocenters. The van der Waals surface area contributed by atoms with E-state index >= 15 is 0 Å². The number of nitrogens with zero attached hydrogens (tertiary/aromatic N) is 4. The Hall–Kier alpha value is -1.61. The summed E-state index contributed by atoms with van der Waals surface area (Å²) in [6.45, 7) is -0.423. The van der Waals surface area contributed by atoms with Gasteiger partial charge < -0.3 is 5.11 Å². The predicted octanol–water partition coefficient (Wildman–Crippen LogP) is 5.18. The third-order valence-corrected chi connectivity index (χ3v) is 4.17. The number of hydrogen-bond donors (Lipinski definition) is 1. The van der Waals surface area contributed by atoms with Crippen LogP contribution in [0, 0.1) is 5.82 Å². The summed E-state index contributed by atoms with van der Waals surface area (Å²) in [5.74, 6) is -0.597. The van der Waals surface area contributed by atoms with Gasteiger partial charge in [0.05, 0.1) is 6.54 Å². The summed E-state index contributed by atoms with van der Waals surface area (Å²) in [6, 6.07) is 5.48. The van der Waals surface area contributed by atoms with Crippen molar-refractivity contribution in [3.63, 3.8) is 0 Å². The Morgan fingerprint density at radius 3 is 2.73 bits per heavy atom. The van der Waals surface area contributed by atoms with E-state index in [9.17, 15) is 14.3 Å². The van der Waals surface area contributed by atoms with Gasteiger partial charge in [-0.3, -0.25) is 4.90 Å². The molecule has 136 valence electrons. The highest BCUT2D eigenvalue weighted by molar-refractivity contribution is 9.10. The minimum atomic E-state index is -1.83. The maximum absolute atomic E-state index is 14.3. The fourth-order valence-corrected chi connectivity index (χ4v) is 3.01. The Balaban J connectivity index is 2.07. The summed E-state index contributed by atoms with van der Waals surface area (Å²) in [6.07, 6.45) is 1.81. The van der Waals surface area contributed by atoms with Gasteiger partial charge in [0.2, 0.25) is 3.79 Å². The number of benzene rings is 1. The van der Waals surface area contributed by atoms with Gasteiger partial charge in [-0.05, 0) is 40.2 Å². The summed E-state index contributed by atoms with van der Waals surface area (Å²) < 4.78 is 14.5. The molecular weight excluding hydrogens is 473 g/mol. The fraction of sp³-hybridized carbons (Fsp3) is 0.133. The Morgan fingerprint density at radius 2 is 2.08 bits per heavy atom. The van der Waals surface area contributed by atoms with Crippen LogP contribution in [0.1, 0.15) is 0 Å². The number of carbonyl (C=O) groups is 1. The van der Waals surface area contributed by atoms with E-state index in [-0.39, 0.29) is 11.4 Å². The molecule has 3 aromatic rings. The molecule has 0 unspecified atom stereocenters. The van der Waals surface area contributed by atoms with Crippen molar-refractivity contribution in [2.75, 3.05) is 11.4 Å². The molecule has 6 nitrogen and oxygen atoms in total. The molecule has 0 spiro atoms. The Kier molecular flexibility index (Phi) is 5.30. The molecular formula is C15H9BrCl3FN4O2. The quantitative estimate of drug-likeness (QED) is 0.523. The smallest absolute Gasteiger partial charge is 0.411 e. The van der Waals surface area contributed by atoms with Crippen LogP contribution in [0.25, 0.3) is 16.7 Å². The van der Waals surface area contributed by atoms with Crippen molar-refractivity contribution < 1.29 is 14.3 Å². The number of rotatable bonds is 3. The van der Waals surface area contributed by atoms with E-state index in [4.69, 9.17) is 34.8 Å². The number of anilines is 1. The van der Waals surface area contributed by atoms with Crippen LogP contribution in [0.2, 0.25) is 0 Å². The van der Waals surface area contributed by atoms with E-state index in [0.29, 0.717) is 11.0 Å². The van der Waals surface area contributed by atoms with Crippen LogP contribution in [0.5, 0.6) is 0 Å². The van der Waals surface area contributed by atoms with Crippen LogP contribution >= 0.6 is 50.7 Å². The van der Waals surface area contributed by atoms with Gasteiger partial charge in [0, 0.05) is 27.9 Å². The summed E-state index contributed by atoms with van der Waals surface area (Å²) >= 11 is 20.4. The van der Waals surface area contributed by atoms with Crippen LogP contribution in [0.3, 0.4) is 0 Å². The minimum absolute atomic E-state index is 0.0344. The third-order valence-electron chi connectivity index (χ3n) is 3.38. The first-order valence-electron chi connectivity index (χ1n) is 7.02. The van der Waals surface area contributed by atoms with Gasteiger partial charge in [0.1, 0.15) is 11.5 Å². The molecule has 0 aliphatic carbocycles. The van der Waals surface area contributed by atoms with Crippen LogP contribution in [-0.4, -0.2) is 36.3 Å².